The number of alkyl halides is 3. The molecule has 1 fully saturated rings. The molecule has 2 amide bonds. The molecule has 11 nitrogen and oxygen atoms in total. The van der Waals surface area contributed by atoms with Crippen molar-refractivity contribution in [2.45, 2.75) is 46.5 Å². The van der Waals surface area contributed by atoms with E-state index in [-0.39, 0.29) is 23.6 Å². The molecule has 0 aliphatic carbocycles. The van der Waals surface area contributed by atoms with Gasteiger partial charge in [-0.15, -0.1) is 0 Å². The number of benzene rings is 2. The van der Waals surface area contributed by atoms with Gasteiger partial charge in [0.25, 0.3) is 0 Å². The first-order valence-corrected chi connectivity index (χ1v) is 15.3. The van der Waals surface area contributed by atoms with Gasteiger partial charge >= 0.3 is 6.18 Å². The van der Waals surface area contributed by atoms with Crippen LogP contribution in [0, 0.1) is 6.92 Å². The smallest absolute Gasteiger partial charge is 0.421 e. The number of ether oxygens (including phenoxy) is 1. The van der Waals surface area contributed by atoms with Crippen molar-refractivity contribution < 1.29 is 27.5 Å². The lowest BCUT2D eigenvalue weighted by atomic mass is 9.95. The Balaban J connectivity index is 1.59. The molecule has 14 heteroatoms. The van der Waals surface area contributed by atoms with Crippen LogP contribution in [0.5, 0.6) is 5.88 Å². The molecule has 1 atom stereocenters. The van der Waals surface area contributed by atoms with Gasteiger partial charge in [-0.3, -0.25) is 14.5 Å². The summed E-state index contributed by atoms with van der Waals surface area (Å²) >= 11 is 0. The first-order valence-electron chi connectivity index (χ1n) is 15.3. The predicted octanol–water partition coefficient (Wildman–Crippen LogP) is 6.37. The topological polar surface area (TPSA) is 125 Å². The molecule has 0 radical (unpaired) electrons. The highest BCUT2D eigenvalue weighted by Crippen LogP contribution is 2.42. The lowest BCUT2D eigenvalue weighted by Crippen LogP contribution is -2.52. The number of methoxy groups -OCH3 is 1. The zero-order valence-electron chi connectivity index (χ0n) is 27.3. The summed E-state index contributed by atoms with van der Waals surface area (Å²) in [5, 5.41) is 8.69. The molecular formula is C34H37F3N8O3. The second-order valence-corrected chi connectivity index (χ2v) is 11.6. The SMILES string of the molecule is COc1cc(Nc2ncc(C(F)(F)F)c(Nc3ccc(CN4CCN(C(C)=O)C[C@@H]4C)c(-c4ccccc4)c3NC(C)=O)n2)c(C)cn1. The van der Waals surface area contributed by atoms with Gasteiger partial charge < -0.3 is 25.6 Å². The maximum absolute atomic E-state index is 14.3. The number of nitrogens with one attached hydrogen (secondary N) is 3. The Bertz CT molecular complexity index is 1800. The van der Waals surface area contributed by atoms with Crippen LogP contribution in [0.25, 0.3) is 11.1 Å². The highest BCUT2D eigenvalue weighted by molar-refractivity contribution is 6.01. The van der Waals surface area contributed by atoms with Crippen LogP contribution in [0.4, 0.5) is 42.0 Å². The summed E-state index contributed by atoms with van der Waals surface area (Å²) in [7, 11) is 1.45. The third-order valence-corrected chi connectivity index (χ3v) is 8.12. The van der Waals surface area contributed by atoms with E-state index in [4.69, 9.17) is 4.74 Å². The summed E-state index contributed by atoms with van der Waals surface area (Å²) in [6.45, 7) is 8.98. The number of hydrogen-bond acceptors (Lipinski definition) is 9. The van der Waals surface area contributed by atoms with E-state index in [1.807, 2.05) is 48.2 Å². The van der Waals surface area contributed by atoms with E-state index in [0.717, 1.165) is 11.1 Å². The van der Waals surface area contributed by atoms with Gasteiger partial charge in [-0.05, 0) is 36.6 Å². The Morgan fingerprint density at radius 3 is 2.40 bits per heavy atom. The maximum Gasteiger partial charge on any atom is 0.421 e. The number of anilines is 5. The van der Waals surface area contributed by atoms with E-state index in [2.05, 4.69) is 35.8 Å². The molecule has 2 aromatic carbocycles. The van der Waals surface area contributed by atoms with Crippen molar-refractivity contribution in [3.8, 4) is 17.0 Å². The van der Waals surface area contributed by atoms with E-state index >= 15 is 0 Å². The predicted molar refractivity (Wildman–Crippen MR) is 177 cm³/mol. The van der Waals surface area contributed by atoms with Crippen molar-refractivity contribution in [1.82, 2.24) is 24.8 Å². The number of carbonyl (C=O) groups is 2. The van der Waals surface area contributed by atoms with Crippen LogP contribution >= 0.6 is 0 Å². The van der Waals surface area contributed by atoms with E-state index < -0.39 is 23.5 Å². The second kappa shape index (κ2) is 14.3. The van der Waals surface area contributed by atoms with Gasteiger partial charge in [0.2, 0.25) is 23.6 Å². The minimum absolute atomic E-state index is 0.0202. The molecule has 1 aliphatic rings. The fraction of sp³-hybridized carbons (Fsp3) is 0.324. The molecule has 5 rings (SSSR count). The van der Waals surface area contributed by atoms with Crippen molar-refractivity contribution in [3.05, 3.63) is 77.6 Å². The fourth-order valence-corrected chi connectivity index (χ4v) is 5.60. The summed E-state index contributed by atoms with van der Waals surface area (Å²) in [4.78, 5) is 40.9. The normalized spacial score (nSPS) is 15.2. The van der Waals surface area contributed by atoms with Gasteiger partial charge in [-0.1, -0.05) is 36.4 Å². The molecule has 1 saturated heterocycles. The highest BCUT2D eigenvalue weighted by atomic mass is 19.4. The van der Waals surface area contributed by atoms with Crippen molar-refractivity contribution in [2.75, 3.05) is 42.7 Å². The molecule has 3 heterocycles. The van der Waals surface area contributed by atoms with Crippen LogP contribution in [0.3, 0.4) is 0 Å². The van der Waals surface area contributed by atoms with Crippen molar-refractivity contribution >= 4 is 40.6 Å². The van der Waals surface area contributed by atoms with E-state index in [9.17, 15) is 22.8 Å². The molecular weight excluding hydrogens is 625 g/mol. The van der Waals surface area contributed by atoms with Gasteiger partial charge in [0.15, 0.2) is 0 Å². The first-order chi connectivity index (χ1) is 22.8. The quantitative estimate of drug-likeness (QED) is 0.188. The minimum atomic E-state index is -4.79. The van der Waals surface area contributed by atoms with Gasteiger partial charge in [0.1, 0.15) is 11.4 Å². The van der Waals surface area contributed by atoms with Crippen LogP contribution in [0.1, 0.15) is 37.5 Å². The van der Waals surface area contributed by atoms with Crippen molar-refractivity contribution in [1.29, 1.82) is 0 Å². The lowest BCUT2D eigenvalue weighted by molar-refractivity contribution is -0.137. The number of aromatic nitrogens is 3. The summed E-state index contributed by atoms with van der Waals surface area (Å²) in [5.41, 5.74) is 2.88. The Kier molecular flexibility index (Phi) is 10.1. The number of amides is 2. The first kappa shape index (κ1) is 34.1. The Hall–Kier alpha value is -5.24. The number of hydrogen-bond donors (Lipinski definition) is 3. The average Bonchev–Trinajstić information content (AvgIpc) is 3.04. The molecule has 4 aromatic rings. The number of carbonyl (C=O) groups excluding carboxylic acids is 2. The number of piperazine rings is 1. The summed E-state index contributed by atoms with van der Waals surface area (Å²) in [6, 6.07) is 14.4. The Morgan fingerprint density at radius 2 is 1.75 bits per heavy atom. The zero-order valence-corrected chi connectivity index (χ0v) is 27.3. The molecule has 0 spiro atoms. The van der Waals surface area contributed by atoms with Crippen molar-refractivity contribution in [3.63, 3.8) is 0 Å². The average molecular weight is 663 g/mol. The number of nitrogens with zero attached hydrogens (tertiary/aromatic N) is 5. The Labute approximate surface area is 276 Å². The summed E-state index contributed by atoms with van der Waals surface area (Å²) in [5.74, 6) is -0.685. The van der Waals surface area contributed by atoms with Gasteiger partial charge in [0.05, 0.1) is 24.2 Å². The maximum atomic E-state index is 14.3. The van der Waals surface area contributed by atoms with Crippen molar-refractivity contribution in [2.24, 2.45) is 0 Å². The van der Waals surface area contributed by atoms with E-state index in [1.165, 1.54) is 14.0 Å². The molecule has 0 saturated carbocycles. The standard InChI is InChI=1S/C34H37F3N8O3/c1-20-16-38-29(48-5)15-28(20)42-33-39-17-26(34(35,36)37)32(43-33)41-27-12-11-25(19-44-13-14-45(23(4)47)18-21(44)2)30(31(27)40-22(3)46)24-9-7-6-8-10-24/h6-12,15-17,21H,13-14,18-19H2,1-5H3,(H,40,46)(H2,38,39,41,42,43)/t21-/m0/s1. The van der Waals surface area contributed by atoms with Crippen LogP contribution in [0.15, 0.2) is 60.9 Å². The second-order valence-electron chi connectivity index (χ2n) is 11.6. The number of aryl methyl sites for hydroxylation is 1. The highest BCUT2D eigenvalue weighted by Gasteiger charge is 2.36. The number of pyridine rings is 1. The Morgan fingerprint density at radius 1 is 1.00 bits per heavy atom. The largest absolute Gasteiger partial charge is 0.481 e. The zero-order chi connectivity index (χ0) is 34.6. The fourth-order valence-electron chi connectivity index (χ4n) is 5.60. The van der Waals surface area contributed by atoms with Crippen LogP contribution < -0.4 is 20.7 Å². The molecule has 0 bridgehead atoms. The summed E-state index contributed by atoms with van der Waals surface area (Å²) in [6.07, 6.45) is -2.52. The van der Waals surface area contributed by atoms with Crippen LogP contribution in [-0.2, 0) is 22.3 Å². The van der Waals surface area contributed by atoms with E-state index in [0.29, 0.717) is 60.8 Å². The summed E-state index contributed by atoms with van der Waals surface area (Å²) < 4.78 is 48.1. The lowest BCUT2D eigenvalue weighted by Gasteiger charge is -2.40. The van der Waals surface area contributed by atoms with E-state index in [1.54, 1.807) is 32.2 Å². The molecule has 252 valence electrons. The van der Waals surface area contributed by atoms with Crippen LogP contribution in [0.2, 0.25) is 0 Å². The molecule has 0 unspecified atom stereocenters. The molecule has 3 N–H and O–H groups in total. The molecule has 2 aromatic heterocycles. The monoisotopic (exact) mass is 662 g/mol. The number of halogens is 3. The van der Waals surface area contributed by atoms with Crippen LogP contribution in [-0.4, -0.2) is 69.4 Å². The number of rotatable bonds is 9. The third-order valence-electron chi connectivity index (χ3n) is 8.12. The minimum Gasteiger partial charge on any atom is -0.481 e. The third kappa shape index (κ3) is 7.82. The van der Waals surface area contributed by atoms with Gasteiger partial charge in [0, 0.05) is 70.1 Å². The van der Waals surface area contributed by atoms with Gasteiger partial charge in [-0.25, -0.2) is 9.97 Å². The van der Waals surface area contributed by atoms with Gasteiger partial charge in [-0.2, -0.15) is 18.2 Å². The molecule has 1 aliphatic heterocycles. The molecule has 48 heavy (non-hydrogen) atoms.